The van der Waals surface area contributed by atoms with E-state index in [0.29, 0.717) is 11.3 Å². The quantitative estimate of drug-likeness (QED) is 0.703. The molecule has 94 valence electrons. The van der Waals surface area contributed by atoms with Gasteiger partial charge in [0.2, 0.25) is 5.91 Å². The van der Waals surface area contributed by atoms with Crippen LogP contribution in [0.4, 0.5) is 5.69 Å². The van der Waals surface area contributed by atoms with Gasteiger partial charge in [-0.05, 0) is 31.2 Å². The molecule has 1 aromatic rings. The van der Waals surface area contributed by atoms with Crippen LogP contribution in [-0.4, -0.2) is 24.2 Å². The third kappa shape index (κ3) is 2.25. The summed E-state index contributed by atoms with van der Waals surface area (Å²) in [5.41, 5.74) is 1.16. The average Bonchev–Trinajstić information content (AvgIpc) is 2.71. The lowest BCUT2D eigenvalue weighted by Gasteiger charge is -2.17. The van der Waals surface area contributed by atoms with Crippen molar-refractivity contribution in [3.63, 3.8) is 0 Å². The summed E-state index contributed by atoms with van der Waals surface area (Å²) >= 11 is 0. The van der Waals surface area contributed by atoms with Gasteiger partial charge in [-0.25, -0.2) is 0 Å². The molecule has 1 fully saturated rings. The van der Waals surface area contributed by atoms with Crippen molar-refractivity contribution in [1.29, 1.82) is 0 Å². The predicted molar refractivity (Wildman–Crippen MR) is 61.9 cm³/mol. The van der Waals surface area contributed by atoms with E-state index in [2.05, 4.69) is 0 Å². The fourth-order valence-electron chi connectivity index (χ4n) is 1.99. The SMILES string of the molecule is CC(=O)c1ccc(N2C[C@@H](C(=O)[O-])CC2=O)cc1. The zero-order valence-corrected chi connectivity index (χ0v) is 9.88. The number of anilines is 1. The van der Waals surface area contributed by atoms with E-state index in [-0.39, 0.29) is 24.7 Å². The third-order valence-electron chi connectivity index (χ3n) is 3.04. The molecular weight excluding hydrogens is 234 g/mol. The molecule has 0 unspecified atom stereocenters. The Balaban J connectivity index is 2.19. The number of rotatable bonds is 3. The molecule has 0 aliphatic carbocycles. The summed E-state index contributed by atoms with van der Waals surface area (Å²) in [5.74, 6) is -2.25. The Labute approximate surface area is 104 Å². The zero-order chi connectivity index (χ0) is 13.3. The summed E-state index contributed by atoms with van der Waals surface area (Å²) in [6, 6.07) is 6.53. The van der Waals surface area contributed by atoms with E-state index in [0.717, 1.165) is 0 Å². The van der Waals surface area contributed by atoms with Crippen molar-refractivity contribution >= 4 is 23.3 Å². The largest absolute Gasteiger partial charge is 0.550 e. The molecule has 1 aliphatic heterocycles. The standard InChI is InChI=1S/C13H13NO4/c1-8(15)9-2-4-11(5-3-9)14-7-10(13(17)18)6-12(14)16/h2-5,10H,6-7H2,1H3,(H,17,18)/p-1/t10-/m0/s1. The van der Waals surface area contributed by atoms with Crippen molar-refractivity contribution in [2.75, 3.05) is 11.4 Å². The lowest BCUT2D eigenvalue weighted by molar-refractivity contribution is -0.310. The van der Waals surface area contributed by atoms with Gasteiger partial charge < -0.3 is 14.8 Å². The molecule has 0 spiro atoms. The van der Waals surface area contributed by atoms with E-state index in [9.17, 15) is 19.5 Å². The average molecular weight is 246 g/mol. The van der Waals surface area contributed by atoms with Crippen LogP contribution in [0.5, 0.6) is 0 Å². The minimum Gasteiger partial charge on any atom is -0.550 e. The molecule has 0 radical (unpaired) electrons. The number of carbonyl (C=O) groups excluding carboxylic acids is 3. The topological polar surface area (TPSA) is 77.5 Å². The van der Waals surface area contributed by atoms with Gasteiger partial charge in [0.15, 0.2) is 5.78 Å². The Kier molecular flexibility index (Phi) is 3.14. The summed E-state index contributed by atoms with van der Waals surface area (Å²) in [7, 11) is 0. The molecule has 1 amide bonds. The molecule has 0 N–H and O–H groups in total. The van der Waals surface area contributed by atoms with Crippen molar-refractivity contribution in [1.82, 2.24) is 0 Å². The van der Waals surface area contributed by atoms with Gasteiger partial charge in [-0.3, -0.25) is 9.59 Å². The maximum absolute atomic E-state index is 11.7. The van der Waals surface area contributed by atoms with Gasteiger partial charge in [0.05, 0.1) is 0 Å². The summed E-state index contributed by atoms with van der Waals surface area (Å²) in [5, 5.41) is 10.7. The van der Waals surface area contributed by atoms with Crippen LogP contribution >= 0.6 is 0 Å². The van der Waals surface area contributed by atoms with Crippen molar-refractivity contribution in [2.24, 2.45) is 5.92 Å². The molecule has 0 aromatic heterocycles. The van der Waals surface area contributed by atoms with Crippen molar-refractivity contribution in [3.8, 4) is 0 Å². The minimum absolute atomic E-state index is 0.0310. The second kappa shape index (κ2) is 4.60. The molecule has 1 saturated heterocycles. The number of carboxylic acids is 1. The number of hydrogen-bond donors (Lipinski definition) is 0. The molecule has 18 heavy (non-hydrogen) atoms. The van der Waals surface area contributed by atoms with E-state index >= 15 is 0 Å². The summed E-state index contributed by atoms with van der Waals surface area (Å²) < 4.78 is 0. The van der Waals surface area contributed by atoms with E-state index in [1.165, 1.54) is 11.8 Å². The molecular formula is C13H12NO4-. The second-order valence-corrected chi connectivity index (χ2v) is 4.33. The molecule has 0 bridgehead atoms. The molecule has 1 atom stereocenters. The van der Waals surface area contributed by atoms with E-state index < -0.39 is 11.9 Å². The maximum atomic E-state index is 11.7. The van der Waals surface area contributed by atoms with Crippen LogP contribution in [0.1, 0.15) is 23.7 Å². The Bertz CT molecular complexity index is 506. The Morgan fingerprint density at radius 3 is 2.33 bits per heavy atom. The Morgan fingerprint density at radius 2 is 1.89 bits per heavy atom. The van der Waals surface area contributed by atoms with Gasteiger partial charge in [0.25, 0.3) is 0 Å². The first kappa shape index (κ1) is 12.3. The molecule has 1 aromatic carbocycles. The minimum atomic E-state index is -1.20. The van der Waals surface area contributed by atoms with Crippen molar-refractivity contribution < 1.29 is 19.5 Å². The Morgan fingerprint density at radius 1 is 1.28 bits per heavy atom. The number of aliphatic carboxylic acids is 1. The van der Waals surface area contributed by atoms with Crippen LogP contribution < -0.4 is 10.0 Å². The molecule has 1 aliphatic rings. The molecule has 0 saturated carbocycles. The normalized spacial score (nSPS) is 19.1. The number of benzene rings is 1. The Hall–Kier alpha value is -2.17. The number of carbonyl (C=O) groups is 3. The smallest absolute Gasteiger partial charge is 0.227 e. The number of Topliss-reactive ketones (excluding diaryl/α,β-unsaturated/α-hetero) is 1. The van der Waals surface area contributed by atoms with Gasteiger partial charge in [0.1, 0.15) is 0 Å². The van der Waals surface area contributed by atoms with E-state index in [1.54, 1.807) is 24.3 Å². The van der Waals surface area contributed by atoms with Crippen LogP contribution in [0.25, 0.3) is 0 Å². The van der Waals surface area contributed by atoms with Gasteiger partial charge in [-0.15, -0.1) is 0 Å². The van der Waals surface area contributed by atoms with E-state index in [4.69, 9.17) is 0 Å². The summed E-state index contributed by atoms with van der Waals surface area (Å²) in [6.07, 6.45) is -0.0310. The van der Waals surface area contributed by atoms with Gasteiger partial charge in [-0.2, -0.15) is 0 Å². The number of nitrogens with zero attached hydrogens (tertiary/aromatic N) is 1. The van der Waals surface area contributed by atoms with Crippen LogP contribution in [0.3, 0.4) is 0 Å². The van der Waals surface area contributed by atoms with Gasteiger partial charge >= 0.3 is 0 Å². The molecule has 1 heterocycles. The summed E-state index contributed by atoms with van der Waals surface area (Å²) in [6.45, 7) is 1.59. The van der Waals surface area contributed by atoms with Crippen molar-refractivity contribution in [2.45, 2.75) is 13.3 Å². The molecule has 5 nitrogen and oxygen atoms in total. The highest BCUT2D eigenvalue weighted by Crippen LogP contribution is 2.25. The fraction of sp³-hybridized carbons (Fsp3) is 0.308. The number of ketones is 1. The first-order chi connectivity index (χ1) is 8.49. The van der Waals surface area contributed by atoms with E-state index in [1.807, 2.05) is 0 Å². The fourth-order valence-corrected chi connectivity index (χ4v) is 1.99. The highest BCUT2D eigenvalue weighted by atomic mass is 16.4. The maximum Gasteiger partial charge on any atom is 0.227 e. The number of carboxylic acid groups (broad SMARTS) is 1. The molecule has 5 heteroatoms. The lowest BCUT2D eigenvalue weighted by atomic mass is 10.1. The number of amides is 1. The van der Waals surface area contributed by atoms with Crippen LogP contribution in [0.15, 0.2) is 24.3 Å². The predicted octanol–water partition coefficient (Wildman–Crippen LogP) is -0.00800. The highest BCUT2D eigenvalue weighted by Gasteiger charge is 2.31. The first-order valence-electron chi connectivity index (χ1n) is 5.61. The zero-order valence-electron chi connectivity index (χ0n) is 9.88. The summed E-state index contributed by atoms with van der Waals surface area (Å²) in [4.78, 5) is 34.9. The lowest BCUT2D eigenvalue weighted by Crippen LogP contribution is -2.33. The first-order valence-corrected chi connectivity index (χ1v) is 5.61. The number of hydrogen-bond acceptors (Lipinski definition) is 4. The highest BCUT2D eigenvalue weighted by molar-refractivity contribution is 6.00. The van der Waals surface area contributed by atoms with Crippen molar-refractivity contribution in [3.05, 3.63) is 29.8 Å². The second-order valence-electron chi connectivity index (χ2n) is 4.33. The van der Waals surface area contributed by atoms with Gasteiger partial charge in [-0.1, -0.05) is 0 Å². The molecule has 2 rings (SSSR count). The van der Waals surface area contributed by atoms with Crippen LogP contribution in [0.2, 0.25) is 0 Å². The monoisotopic (exact) mass is 246 g/mol. The third-order valence-corrected chi connectivity index (χ3v) is 3.04. The van der Waals surface area contributed by atoms with Crippen LogP contribution in [-0.2, 0) is 9.59 Å². The van der Waals surface area contributed by atoms with Crippen LogP contribution in [0, 0.1) is 5.92 Å². The van der Waals surface area contributed by atoms with Gasteiger partial charge in [0, 0.05) is 36.1 Å².